The Bertz CT molecular complexity index is 302. The van der Waals surface area contributed by atoms with Crippen LogP contribution in [0.3, 0.4) is 0 Å². The van der Waals surface area contributed by atoms with Crippen LogP contribution in [0.25, 0.3) is 0 Å². The highest BCUT2D eigenvalue weighted by atomic mass is 79.9. The molecule has 1 aromatic rings. The summed E-state index contributed by atoms with van der Waals surface area (Å²) in [6.45, 7) is 0. The van der Waals surface area contributed by atoms with Crippen molar-refractivity contribution in [3.63, 3.8) is 0 Å². The summed E-state index contributed by atoms with van der Waals surface area (Å²) in [6, 6.07) is 4.04. The van der Waals surface area contributed by atoms with Gasteiger partial charge >= 0.3 is 0 Å². The number of hydrogen-bond donors (Lipinski definition) is 1. The molecular formula is C10H11BrF2O. The zero-order valence-electron chi connectivity index (χ0n) is 7.51. The molecule has 0 aliphatic carbocycles. The maximum absolute atomic E-state index is 12.2. The van der Waals surface area contributed by atoms with Crippen LogP contribution in [0.5, 0.6) is 5.75 Å². The van der Waals surface area contributed by atoms with E-state index >= 15 is 0 Å². The van der Waals surface area contributed by atoms with Crippen molar-refractivity contribution in [1.29, 1.82) is 0 Å². The largest absolute Gasteiger partial charge is 0.508 e. The number of benzene rings is 1. The minimum atomic E-state index is -2.52. The summed E-state index contributed by atoms with van der Waals surface area (Å²) in [4.78, 5) is 0. The quantitative estimate of drug-likeness (QED) is 0.824. The lowest BCUT2D eigenvalue weighted by molar-refractivity contribution is 0.151. The topological polar surface area (TPSA) is 20.2 Å². The van der Waals surface area contributed by atoms with E-state index in [1.807, 2.05) is 0 Å². The van der Waals surface area contributed by atoms with Gasteiger partial charge in [-0.25, -0.2) is 8.78 Å². The molecule has 0 bridgehead atoms. The second-order valence-corrected chi connectivity index (χ2v) is 3.77. The van der Waals surface area contributed by atoms with Crippen LogP contribution < -0.4 is 0 Å². The van der Waals surface area contributed by atoms with E-state index in [2.05, 4.69) is 15.9 Å². The Hall–Kier alpha value is -0.640. The molecular weight excluding hydrogens is 254 g/mol. The molecule has 0 amide bonds. The summed E-state index contributed by atoms with van der Waals surface area (Å²) in [7, 11) is 0. The monoisotopic (exact) mass is 264 g/mol. The van der Waals surface area contributed by atoms with Crippen LogP contribution in [0.15, 0.2) is 18.2 Å². The van der Waals surface area contributed by atoms with E-state index in [9.17, 15) is 13.9 Å². The van der Waals surface area contributed by atoms with Gasteiger partial charge in [-0.3, -0.25) is 0 Å². The van der Waals surface area contributed by atoms with Crippen molar-refractivity contribution in [2.45, 2.75) is 19.3 Å². The van der Waals surface area contributed by atoms with E-state index in [1.165, 1.54) is 6.07 Å². The van der Waals surface area contributed by atoms with Gasteiger partial charge in [0.05, 0.1) is 0 Å². The molecule has 1 nitrogen and oxygen atoms in total. The molecule has 1 aromatic carbocycles. The molecule has 0 aliphatic heterocycles. The number of phenols is 1. The van der Waals surface area contributed by atoms with Gasteiger partial charge in [-0.2, -0.15) is 0 Å². The standard InChI is InChI=1S/C10H11BrF2O/c11-5-1-2-7-3-4-8(10(12)13)6-9(7)14/h3-4,6,10,14H,1-2,5H2. The molecule has 0 saturated carbocycles. The maximum atomic E-state index is 12.2. The van der Waals surface area contributed by atoms with E-state index in [4.69, 9.17) is 0 Å². The molecule has 0 fully saturated rings. The van der Waals surface area contributed by atoms with Crippen molar-refractivity contribution >= 4 is 15.9 Å². The Balaban J connectivity index is 2.79. The minimum absolute atomic E-state index is 0.0382. The molecule has 1 N–H and O–H groups in total. The van der Waals surface area contributed by atoms with Crippen molar-refractivity contribution in [2.75, 3.05) is 5.33 Å². The normalized spacial score (nSPS) is 10.9. The van der Waals surface area contributed by atoms with Gasteiger partial charge in [-0.15, -0.1) is 0 Å². The van der Waals surface area contributed by atoms with Gasteiger partial charge in [0.2, 0.25) is 0 Å². The third-order valence-corrected chi connectivity index (χ3v) is 2.50. The molecule has 4 heteroatoms. The highest BCUT2D eigenvalue weighted by Gasteiger charge is 2.09. The smallest absolute Gasteiger partial charge is 0.263 e. The van der Waals surface area contributed by atoms with E-state index < -0.39 is 6.43 Å². The zero-order chi connectivity index (χ0) is 10.6. The first-order chi connectivity index (χ1) is 6.65. The third kappa shape index (κ3) is 2.94. The van der Waals surface area contributed by atoms with Crippen LogP contribution in [0.2, 0.25) is 0 Å². The Kier molecular flexibility index (Phi) is 4.32. The number of halogens is 3. The lowest BCUT2D eigenvalue weighted by Crippen LogP contribution is -1.90. The van der Waals surface area contributed by atoms with Crippen molar-refractivity contribution in [3.8, 4) is 5.75 Å². The molecule has 1 rings (SSSR count). The third-order valence-electron chi connectivity index (χ3n) is 1.94. The van der Waals surface area contributed by atoms with Crippen LogP contribution in [0, 0.1) is 0 Å². The van der Waals surface area contributed by atoms with Gasteiger partial charge in [-0.1, -0.05) is 28.1 Å². The first-order valence-corrected chi connectivity index (χ1v) is 5.43. The highest BCUT2D eigenvalue weighted by Crippen LogP contribution is 2.26. The summed E-state index contributed by atoms with van der Waals surface area (Å²) in [5.41, 5.74) is 0.582. The van der Waals surface area contributed by atoms with Crippen LogP contribution in [0.1, 0.15) is 24.0 Å². The van der Waals surface area contributed by atoms with Gasteiger partial charge in [0.25, 0.3) is 6.43 Å². The number of rotatable bonds is 4. The maximum Gasteiger partial charge on any atom is 0.263 e. The molecule has 14 heavy (non-hydrogen) atoms. The molecule has 78 valence electrons. The number of hydrogen-bond acceptors (Lipinski definition) is 1. The van der Waals surface area contributed by atoms with Gasteiger partial charge in [0.1, 0.15) is 5.75 Å². The molecule has 0 unspecified atom stereocenters. The van der Waals surface area contributed by atoms with E-state index in [0.29, 0.717) is 12.0 Å². The Morgan fingerprint density at radius 2 is 2.07 bits per heavy atom. The number of alkyl halides is 3. The molecule has 0 heterocycles. The van der Waals surface area contributed by atoms with Crippen molar-refractivity contribution < 1.29 is 13.9 Å². The summed E-state index contributed by atoms with van der Waals surface area (Å²) < 4.78 is 24.4. The average molecular weight is 265 g/mol. The number of aryl methyl sites for hydroxylation is 1. The van der Waals surface area contributed by atoms with E-state index in [0.717, 1.165) is 17.8 Å². The predicted molar refractivity (Wildman–Crippen MR) is 55.2 cm³/mol. The second kappa shape index (κ2) is 5.29. The first kappa shape index (κ1) is 11.4. The lowest BCUT2D eigenvalue weighted by atomic mass is 10.1. The van der Waals surface area contributed by atoms with E-state index in [-0.39, 0.29) is 11.3 Å². The summed E-state index contributed by atoms with van der Waals surface area (Å²) >= 11 is 3.27. The van der Waals surface area contributed by atoms with Gasteiger partial charge in [-0.05, 0) is 24.5 Å². The van der Waals surface area contributed by atoms with Crippen LogP contribution in [-0.4, -0.2) is 10.4 Å². The first-order valence-electron chi connectivity index (χ1n) is 4.31. The molecule has 0 saturated heterocycles. The lowest BCUT2D eigenvalue weighted by Gasteiger charge is -2.05. The number of phenolic OH excluding ortho intramolecular Hbond substituents is 1. The Labute approximate surface area is 89.9 Å². The fourth-order valence-corrected chi connectivity index (χ4v) is 1.47. The highest BCUT2D eigenvalue weighted by molar-refractivity contribution is 9.09. The van der Waals surface area contributed by atoms with Gasteiger partial charge in [0, 0.05) is 10.9 Å². The minimum Gasteiger partial charge on any atom is -0.508 e. The Morgan fingerprint density at radius 1 is 1.36 bits per heavy atom. The number of aromatic hydroxyl groups is 1. The van der Waals surface area contributed by atoms with E-state index in [1.54, 1.807) is 6.07 Å². The Morgan fingerprint density at radius 3 is 2.57 bits per heavy atom. The fourth-order valence-electron chi connectivity index (χ4n) is 1.19. The second-order valence-electron chi connectivity index (χ2n) is 2.98. The zero-order valence-corrected chi connectivity index (χ0v) is 9.10. The summed E-state index contributed by atoms with van der Waals surface area (Å²) in [5.74, 6) is -0.0382. The van der Waals surface area contributed by atoms with Crippen molar-refractivity contribution in [2.24, 2.45) is 0 Å². The van der Waals surface area contributed by atoms with Crippen molar-refractivity contribution in [3.05, 3.63) is 29.3 Å². The average Bonchev–Trinajstić information content (AvgIpc) is 2.15. The predicted octanol–water partition coefficient (Wildman–Crippen LogP) is 3.66. The fraction of sp³-hybridized carbons (Fsp3) is 0.400. The van der Waals surface area contributed by atoms with Crippen LogP contribution in [0.4, 0.5) is 8.78 Å². The molecule has 0 spiro atoms. The van der Waals surface area contributed by atoms with Gasteiger partial charge in [0.15, 0.2) is 0 Å². The van der Waals surface area contributed by atoms with Crippen molar-refractivity contribution in [1.82, 2.24) is 0 Å². The van der Waals surface area contributed by atoms with Crippen LogP contribution >= 0.6 is 15.9 Å². The summed E-state index contributed by atoms with van der Waals surface area (Å²) in [5, 5.41) is 10.3. The van der Waals surface area contributed by atoms with Crippen LogP contribution in [-0.2, 0) is 6.42 Å². The molecule has 0 radical (unpaired) electrons. The molecule has 0 atom stereocenters. The molecule has 0 aliphatic rings. The molecule has 0 aromatic heterocycles. The SMILES string of the molecule is Oc1cc(C(F)F)ccc1CCCBr. The van der Waals surface area contributed by atoms with Gasteiger partial charge < -0.3 is 5.11 Å². The summed E-state index contributed by atoms with van der Waals surface area (Å²) in [6.07, 6.45) is -0.950.